The van der Waals surface area contributed by atoms with Crippen molar-refractivity contribution in [2.24, 2.45) is 5.92 Å². The standard InChI is InChI=1S/C21H28N4O3/c1-2-27-21-19(23-17-7-3-4-8-18(17)24-21)25-11-9-15(10-12-25)20(26)22-14-16-6-5-13-28-16/h3-4,7-8,15-16H,2,5-6,9-14H2,1H3,(H,22,26). The zero-order valence-corrected chi connectivity index (χ0v) is 16.4. The SMILES string of the molecule is CCOc1nc2ccccc2nc1N1CCC(C(=O)NCC2CCCO2)CC1. The summed E-state index contributed by atoms with van der Waals surface area (Å²) in [5.41, 5.74) is 1.69. The largest absolute Gasteiger partial charge is 0.475 e. The smallest absolute Gasteiger partial charge is 0.258 e. The van der Waals surface area contributed by atoms with Crippen LogP contribution in [0.5, 0.6) is 5.88 Å². The van der Waals surface area contributed by atoms with Crippen LogP contribution in [0.1, 0.15) is 32.6 Å². The molecule has 2 saturated heterocycles. The number of anilines is 1. The summed E-state index contributed by atoms with van der Waals surface area (Å²) in [5, 5.41) is 3.07. The average Bonchev–Trinajstić information content (AvgIpc) is 3.25. The summed E-state index contributed by atoms with van der Waals surface area (Å²) in [4.78, 5) is 24.1. The number of carbonyl (C=O) groups is 1. The van der Waals surface area contributed by atoms with E-state index in [1.54, 1.807) is 0 Å². The number of para-hydroxylation sites is 2. The van der Waals surface area contributed by atoms with Crippen LogP contribution in [0.3, 0.4) is 0 Å². The second kappa shape index (κ2) is 8.73. The molecule has 3 heterocycles. The third kappa shape index (κ3) is 4.19. The number of nitrogens with one attached hydrogen (secondary N) is 1. The third-order valence-electron chi connectivity index (χ3n) is 5.50. The molecule has 4 rings (SSSR count). The maximum Gasteiger partial charge on any atom is 0.258 e. The normalized spacial score (nSPS) is 20.5. The van der Waals surface area contributed by atoms with E-state index in [1.165, 1.54) is 0 Å². The number of amides is 1. The topological polar surface area (TPSA) is 76.6 Å². The Bertz CT molecular complexity index is 814. The molecule has 0 radical (unpaired) electrons. The van der Waals surface area contributed by atoms with Crippen LogP contribution in [0.4, 0.5) is 5.82 Å². The average molecular weight is 384 g/mol. The van der Waals surface area contributed by atoms with E-state index in [0.29, 0.717) is 19.0 Å². The fourth-order valence-corrected chi connectivity index (χ4v) is 3.93. The van der Waals surface area contributed by atoms with E-state index in [-0.39, 0.29) is 17.9 Å². The van der Waals surface area contributed by atoms with Gasteiger partial charge in [-0.2, -0.15) is 0 Å². The van der Waals surface area contributed by atoms with Crippen molar-refractivity contribution in [1.29, 1.82) is 0 Å². The van der Waals surface area contributed by atoms with Crippen molar-refractivity contribution in [2.75, 3.05) is 37.7 Å². The first-order chi connectivity index (χ1) is 13.7. The Morgan fingerprint density at radius 3 is 2.64 bits per heavy atom. The summed E-state index contributed by atoms with van der Waals surface area (Å²) >= 11 is 0. The van der Waals surface area contributed by atoms with Gasteiger partial charge in [0.05, 0.1) is 23.7 Å². The number of ether oxygens (including phenoxy) is 2. The second-order valence-electron chi connectivity index (χ2n) is 7.42. The van der Waals surface area contributed by atoms with E-state index in [4.69, 9.17) is 14.5 Å². The quantitative estimate of drug-likeness (QED) is 0.825. The molecule has 28 heavy (non-hydrogen) atoms. The summed E-state index contributed by atoms with van der Waals surface area (Å²) < 4.78 is 11.3. The molecule has 7 nitrogen and oxygen atoms in total. The number of benzene rings is 1. The van der Waals surface area contributed by atoms with Gasteiger partial charge in [0.25, 0.3) is 5.88 Å². The molecule has 1 aromatic heterocycles. The monoisotopic (exact) mass is 384 g/mol. The van der Waals surface area contributed by atoms with Crippen LogP contribution in [-0.4, -0.2) is 54.8 Å². The molecule has 1 unspecified atom stereocenters. The minimum absolute atomic E-state index is 0.0432. The Balaban J connectivity index is 1.40. The minimum Gasteiger partial charge on any atom is -0.475 e. The highest BCUT2D eigenvalue weighted by Crippen LogP contribution is 2.30. The molecule has 0 saturated carbocycles. The number of hydrogen-bond acceptors (Lipinski definition) is 6. The van der Waals surface area contributed by atoms with Gasteiger partial charge in [-0.3, -0.25) is 4.79 Å². The lowest BCUT2D eigenvalue weighted by atomic mass is 9.96. The Labute approximate surface area is 165 Å². The van der Waals surface area contributed by atoms with Gasteiger partial charge in [0.2, 0.25) is 5.91 Å². The molecule has 2 aliphatic heterocycles. The molecule has 2 aromatic rings. The third-order valence-corrected chi connectivity index (χ3v) is 5.50. The number of piperidine rings is 1. The molecular weight excluding hydrogens is 356 g/mol. The number of hydrogen-bond donors (Lipinski definition) is 1. The van der Waals surface area contributed by atoms with Gasteiger partial charge >= 0.3 is 0 Å². The van der Waals surface area contributed by atoms with Gasteiger partial charge in [0.1, 0.15) is 0 Å². The van der Waals surface area contributed by atoms with Gasteiger partial charge in [-0.15, -0.1) is 0 Å². The molecule has 0 aliphatic carbocycles. The van der Waals surface area contributed by atoms with E-state index >= 15 is 0 Å². The Hall–Kier alpha value is -2.41. The van der Waals surface area contributed by atoms with Crippen molar-refractivity contribution in [1.82, 2.24) is 15.3 Å². The van der Waals surface area contributed by atoms with E-state index in [0.717, 1.165) is 62.2 Å². The highest BCUT2D eigenvalue weighted by Gasteiger charge is 2.28. The molecule has 7 heteroatoms. The van der Waals surface area contributed by atoms with Gasteiger partial charge in [-0.25, -0.2) is 9.97 Å². The summed E-state index contributed by atoms with van der Waals surface area (Å²) in [7, 11) is 0. The highest BCUT2D eigenvalue weighted by atomic mass is 16.5. The zero-order valence-electron chi connectivity index (χ0n) is 16.4. The molecule has 1 aromatic carbocycles. The number of aromatic nitrogens is 2. The number of carbonyl (C=O) groups excluding carboxylic acids is 1. The molecule has 2 aliphatic rings. The Morgan fingerprint density at radius 1 is 1.21 bits per heavy atom. The van der Waals surface area contributed by atoms with Crippen LogP contribution in [0.15, 0.2) is 24.3 Å². The van der Waals surface area contributed by atoms with Crippen LogP contribution in [0.25, 0.3) is 11.0 Å². The first-order valence-electron chi connectivity index (χ1n) is 10.3. The molecule has 1 atom stereocenters. The van der Waals surface area contributed by atoms with Gasteiger partial charge in [0, 0.05) is 32.2 Å². The molecule has 0 bridgehead atoms. The lowest BCUT2D eigenvalue weighted by Gasteiger charge is -2.32. The summed E-state index contributed by atoms with van der Waals surface area (Å²) in [6, 6.07) is 7.82. The molecule has 0 spiro atoms. The predicted octanol–water partition coefficient (Wildman–Crippen LogP) is 2.54. The van der Waals surface area contributed by atoms with Crippen LogP contribution in [0, 0.1) is 5.92 Å². The van der Waals surface area contributed by atoms with Crippen LogP contribution < -0.4 is 15.0 Å². The van der Waals surface area contributed by atoms with Gasteiger partial charge in [-0.05, 0) is 44.7 Å². The predicted molar refractivity (Wildman–Crippen MR) is 108 cm³/mol. The lowest BCUT2D eigenvalue weighted by molar-refractivity contribution is -0.126. The van der Waals surface area contributed by atoms with Gasteiger partial charge in [0.15, 0.2) is 5.82 Å². The number of rotatable bonds is 6. The van der Waals surface area contributed by atoms with Crippen molar-refractivity contribution in [2.45, 2.75) is 38.7 Å². The first kappa shape index (κ1) is 18.9. The second-order valence-corrected chi connectivity index (χ2v) is 7.42. The van der Waals surface area contributed by atoms with Crippen LogP contribution in [0.2, 0.25) is 0 Å². The van der Waals surface area contributed by atoms with Crippen molar-refractivity contribution < 1.29 is 14.3 Å². The lowest BCUT2D eigenvalue weighted by Crippen LogP contribution is -2.42. The maximum atomic E-state index is 12.5. The van der Waals surface area contributed by atoms with E-state index in [9.17, 15) is 4.79 Å². The van der Waals surface area contributed by atoms with Crippen LogP contribution >= 0.6 is 0 Å². The zero-order chi connectivity index (χ0) is 19.3. The van der Waals surface area contributed by atoms with Crippen molar-refractivity contribution in [3.63, 3.8) is 0 Å². The highest BCUT2D eigenvalue weighted by molar-refractivity contribution is 5.79. The summed E-state index contributed by atoms with van der Waals surface area (Å²) in [6.07, 6.45) is 3.92. The number of fused-ring (bicyclic) bond motifs is 1. The molecule has 1 amide bonds. The summed E-state index contributed by atoms with van der Waals surface area (Å²) in [5.74, 6) is 1.53. The van der Waals surface area contributed by atoms with Gasteiger partial charge in [-0.1, -0.05) is 12.1 Å². The van der Waals surface area contributed by atoms with Gasteiger partial charge < -0.3 is 19.7 Å². The van der Waals surface area contributed by atoms with Crippen LogP contribution in [-0.2, 0) is 9.53 Å². The minimum atomic E-state index is 0.0432. The molecule has 1 N–H and O–H groups in total. The first-order valence-corrected chi connectivity index (χ1v) is 10.3. The van der Waals surface area contributed by atoms with Crippen molar-refractivity contribution in [3.05, 3.63) is 24.3 Å². The Kier molecular flexibility index (Phi) is 5.90. The molecule has 150 valence electrons. The fraction of sp³-hybridized carbons (Fsp3) is 0.571. The molecular formula is C21H28N4O3. The van der Waals surface area contributed by atoms with E-state index in [1.807, 2.05) is 31.2 Å². The van der Waals surface area contributed by atoms with Crippen molar-refractivity contribution >= 4 is 22.8 Å². The summed E-state index contributed by atoms with van der Waals surface area (Å²) in [6.45, 7) is 5.47. The van der Waals surface area contributed by atoms with E-state index < -0.39 is 0 Å². The number of nitrogens with zero attached hydrogens (tertiary/aromatic N) is 3. The maximum absolute atomic E-state index is 12.5. The van der Waals surface area contributed by atoms with Crippen molar-refractivity contribution in [3.8, 4) is 5.88 Å². The Morgan fingerprint density at radius 2 is 1.96 bits per heavy atom. The fourth-order valence-electron chi connectivity index (χ4n) is 3.93. The molecule has 2 fully saturated rings. The van der Waals surface area contributed by atoms with E-state index in [2.05, 4.69) is 15.2 Å².